The van der Waals surface area contributed by atoms with Crippen molar-refractivity contribution in [3.8, 4) is 0 Å². The van der Waals surface area contributed by atoms with Crippen molar-refractivity contribution in [1.29, 1.82) is 0 Å². The van der Waals surface area contributed by atoms with Crippen LogP contribution < -0.4 is 16.0 Å². The molecule has 0 aliphatic carbocycles. The van der Waals surface area contributed by atoms with E-state index in [-0.39, 0.29) is 15.8 Å². The molecule has 1 atom stereocenters. The molecule has 5 nitrogen and oxygen atoms in total. The number of hydrogen-bond donors (Lipinski definition) is 2. The maximum absolute atomic E-state index is 11.4. The van der Waals surface area contributed by atoms with Crippen LogP contribution in [0, 0.1) is 0 Å². The normalized spacial score (nSPS) is 20.5. The van der Waals surface area contributed by atoms with Crippen molar-refractivity contribution in [3.05, 3.63) is 21.3 Å². The van der Waals surface area contributed by atoms with Gasteiger partial charge in [0, 0.05) is 7.05 Å². The lowest BCUT2D eigenvalue weighted by atomic mass is 10.3. The number of halogens is 2. The minimum Gasteiger partial charge on any atom is -0.303 e. The lowest BCUT2D eigenvalue weighted by Crippen LogP contribution is -2.31. The van der Waals surface area contributed by atoms with Crippen LogP contribution in [-0.2, 0) is 0 Å². The Balaban J connectivity index is 2.70. The minimum absolute atomic E-state index is 0.102. The summed E-state index contributed by atoms with van der Waals surface area (Å²) in [4.78, 5) is 17.7. The Morgan fingerprint density at radius 3 is 3.08 bits per heavy atom. The lowest BCUT2D eigenvalue weighted by molar-refractivity contribution is 0.721. The number of hydrazine groups is 1. The molecule has 1 unspecified atom stereocenters. The summed E-state index contributed by atoms with van der Waals surface area (Å²) in [6, 6.07) is 0. The molecular weight excluding hydrogens is 259 g/mol. The minimum atomic E-state index is -0.244. The maximum Gasteiger partial charge on any atom is 0.277 e. The second-order valence-corrected chi connectivity index (χ2v) is 3.91. The zero-order valence-corrected chi connectivity index (χ0v) is 8.98. The van der Waals surface area contributed by atoms with Gasteiger partial charge in [0.05, 0.1) is 0 Å². The monoisotopic (exact) mass is 264 g/mol. The van der Waals surface area contributed by atoms with E-state index in [1.165, 1.54) is 0 Å². The van der Waals surface area contributed by atoms with Gasteiger partial charge >= 0.3 is 0 Å². The highest BCUT2D eigenvalue weighted by Gasteiger charge is 2.28. The summed E-state index contributed by atoms with van der Waals surface area (Å²) >= 11 is 8.93. The smallest absolute Gasteiger partial charge is 0.277 e. The van der Waals surface area contributed by atoms with Crippen LogP contribution in [0.1, 0.15) is 10.6 Å². The van der Waals surface area contributed by atoms with E-state index < -0.39 is 0 Å². The van der Waals surface area contributed by atoms with Gasteiger partial charge in [-0.25, -0.2) is 10.4 Å². The first kappa shape index (κ1) is 8.98. The van der Waals surface area contributed by atoms with Crippen molar-refractivity contribution in [2.75, 3.05) is 12.1 Å². The molecule has 0 saturated carbocycles. The summed E-state index contributed by atoms with van der Waals surface area (Å²) in [5.41, 5.74) is 3.82. The highest BCUT2D eigenvalue weighted by Crippen LogP contribution is 2.30. The van der Waals surface area contributed by atoms with Gasteiger partial charge in [0.15, 0.2) is 0 Å². The van der Waals surface area contributed by atoms with E-state index in [0.29, 0.717) is 11.4 Å². The van der Waals surface area contributed by atoms with E-state index in [2.05, 4.69) is 31.3 Å². The average molecular weight is 265 g/mol. The predicted molar refractivity (Wildman–Crippen MR) is 53.1 cm³/mol. The Labute approximate surface area is 87.2 Å². The van der Waals surface area contributed by atoms with Crippen LogP contribution in [0.2, 0.25) is 5.28 Å². The molecule has 2 heterocycles. The number of aromatic amines is 1. The number of hydrogen-bond acceptors (Lipinski definition) is 4. The largest absolute Gasteiger partial charge is 0.303 e. The maximum atomic E-state index is 11.4. The topological polar surface area (TPSA) is 61.0 Å². The summed E-state index contributed by atoms with van der Waals surface area (Å²) in [6.07, 6.45) is 0. The number of aromatic nitrogens is 2. The third-order valence-electron chi connectivity index (χ3n) is 1.78. The van der Waals surface area contributed by atoms with Crippen LogP contribution in [-0.4, -0.2) is 17.0 Å². The van der Waals surface area contributed by atoms with Crippen LogP contribution in [0.4, 0.5) is 5.69 Å². The predicted octanol–water partition coefficient (Wildman–Crippen LogP) is 0.771. The van der Waals surface area contributed by atoms with Crippen LogP contribution in [0.25, 0.3) is 0 Å². The van der Waals surface area contributed by atoms with Crippen molar-refractivity contribution < 1.29 is 0 Å². The number of nitrogens with one attached hydrogen (secondary N) is 2. The first-order valence-electron chi connectivity index (χ1n) is 3.53. The Morgan fingerprint density at radius 2 is 2.38 bits per heavy atom. The Hall–Kier alpha value is -0.590. The molecule has 2 rings (SSSR count). The molecule has 2 N–H and O–H groups in total. The first-order chi connectivity index (χ1) is 6.09. The van der Waals surface area contributed by atoms with Gasteiger partial charge in [-0.3, -0.25) is 9.78 Å². The van der Waals surface area contributed by atoms with E-state index in [4.69, 9.17) is 11.6 Å². The fourth-order valence-corrected chi connectivity index (χ4v) is 2.06. The molecule has 0 bridgehead atoms. The molecule has 70 valence electrons. The number of H-pyrrole nitrogens is 1. The van der Waals surface area contributed by atoms with Crippen LogP contribution in [0.15, 0.2) is 4.79 Å². The fraction of sp³-hybridized carbons (Fsp3) is 0.333. The molecule has 0 spiro atoms. The highest BCUT2D eigenvalue weighted by molar-refractivity contribution is 9.09. The molecule has 0 radical (unpaired) electrons. The SMILES string of the molecule is CN1NC(Br)c2nc(Cl)[nH]c(=O)c21. The second-order valence-electron chi connectivity index (χ2n) is 2.64. The standard InChI is InChI=1S/C6H6BrClN4O/c1-12-3-2(4(7)11-12)9-6(8)10-5(3)13/h4,11H,1H3,(H,9,10,13). The molecule has 7 heteroatoms. The number of anilines is 1. The van der Waals surface area contributed by atoms with Crippen molar-refractivity contribution in [3.63, 3.8) is 0 Å². The second kappa shape index (κ2) is 2.97. The van der Waals surface area contributed by atoms with E-state index in [9.17, 15) is 4.79 Å². The van der Waals surface area contributed by atoms with E-state index in [0.717, 1.165) is 0 Å². The van der Waals surface area contributed by atoms with Crippen LogP contribution >= 0.6 is 27.5 Å². The third-order valence-corrected chi connectivity index (χ3v) is 2.59. The summed E-state index contributed by atoms with van der Waals surface area (Å²) in [5.74, 6) is 0. The van der Waals surface area contributed by atoms with Gasteiger partial charge in [-0.1, -0.05) is 15.9 Å². The summed E-state index contributed by atoms with van der Waals surface area (Å²) < 4.78 is 0. The van der Waals surface area contributed by atoms with Gasteiger partial charge in [-0.2, -0.15) is 0 Å². The fourth-order valence-electron chi connectivity index (χ4n) is 1.25. The van der Waals surface area contributed by atoms with Gasteiger partial charge in [0.1, 0.15) is 16.3 Å². The zero-order chi connectivity index (χ0) is 9.59. The van der Waals surface area contributed by atoms with Gasteiger partial charge in [0.25, 0.3) is 5.56 Å². The number of fused-ring (bicyclic) bond motifs is 1. The van der Waals surface area contributed by atoms with E-state index in [1.54, 1.807) is 12.1 Å². The first-order valence-corrected chi connectivity index (χ1v) is 4.82. The van der Waals surface area contributed by atoms with Crippen molar-refractivity contribution in [2.45, 2.75) is 4.95 Å². The summed E-state index contributed by atoms with van der Waals surface area (Å²) in [7, 11) is 1.74. The molecule has 1 aliphatic heterocycles. The van der Waals surface area contributed by atoms with Crippen LogP contribution in [0.3, 0.4) is 0 Å². The molecule has 1 aromatic rings. The van der Waals surface area contributed by atoms with Gasteiger partial charge in [-0.05, 0) is 11.6 Å². The molecule has 0 saturated heterocycles. The van der Waals surface area contributed by atoms with Gasteiger partial charge in [-0.15, -0.1) is 0 Å². The number of nitrogens with zero attached hydrogens (tertiary/aromatic N) is 2. The molecule has 13 heavy (non-hydrogen) atoms. The molecule has 0 fully saturated rings. The number of rotatable bonds is 0. The Morgan fingerprint density at radius 1 is 1.69 bits per heavy atom. The van der Waals surface area contributed by atoms with Gasteiger partial charge < -0.3 is 5.01 Å². The Bertz CT molecular complexity index is 406. The highest BCUT2D eigenvalue weighted by atomic mass is 79.9. The van der Waals surface area contributed by atoms with E-state index in [1.807, 2.05) is 0 Å². The summed E-state index contributed by atoms with van der Waals surface area (Å²) in [6.45, 7) is 0. The van der Waals surface area contributed by atoms with Crippen molar-refractivity contribution >= 4 is 33.2 Å². The average Bonchev–Trinajstić information content (AvgIpc) is 2.27. The Kier molecular flexibility index (Phi) is 2.05. The van der Waals surface area contributed by atoms with Crippen LogP contribution in [0.5, 0.6) is 0 Å². The molecule has 1 aromatic heterocycles. The van der Waals surface area contributed by atoms with Crippen molar-refractivity contribution in [2.24, 2.45) is 0 Å². The molecule has 0 amide bonds. The molecular formula is C6H6BrClN4O. The quantitative estimate of drug-likeness (QED) is 0.413. The van der Waals surface area contributed by atoms with Crippen molar-refractivity contribution in [1.82, 2.24) is 15.4 Å². The third kappa shape index (κ3) is 1.34. The van der Waals surface area contributed by atoms with Gasteiger partial charge in [0.2, 0.25) is 5.28 Å². The molecule has 0 aromatic carbocycles. The summed E-state index contributed by atoms with van der Waals surface area (Å²) in [5, 5.41) is 1.71. The zero-order valence-electron chi connectivity index (χ0n) is 6.64. The number of alkyl halides is 1. The molecule has 1 aliphatic rings. The van der Waals surface area contributed by atoms with E-state index >= 15 is 0 Å². The lowest BCUT2D eigenvalue weighted by Gasteiger charge is -2.09.